The summed E-state index contributed by atoms with van der Waals surface area (Å²) in [5.74, 6) is -0.231. The smallest absolute Gasteiger partial charge is 0.211 e. The third-order valence-corrected chi connectivity index (χ3v) is 3.20. The molecule has 0 saturated heterocycles. The second kappa shape index (κ2) is 13.3. The second-order valence-corrected chi connectivity index (χ2v) is 5.04. The molecule has 4 nitrogen and oxygen atoms in total. The van der Waals surface area contributed by atoms with Gasteiger partial charge in [-0.1, -0.05) is 69.9 Å². The van der Waals surface area contributed by atoms with Gasteiger partial charge in [0.2, 0.25) is 6.54 Å². The molecule has 0 N–H and O–H groups in total. The molecule has 4 heteroatoms. The van der Waals surface area contributed by atoms with Gasteiger partial charge >= 0.3 is 0 Å². The van der Waals surface area contributed by atoms with Crippen LogP contribution in [-0.4, -0.2) is 17.3 Å². The number of hydrogen-bond donors (Lipinski definition) is 0. The molecule has 0 aliphatic heterocycles. The summed E-state index contributed by atoms with van der Waals surface area (Å²) in [7, 11) is 0. The highest BCUT2D eigenvalue weighted by Crippen LogP contribution is 2.08. The van der Waals surface area contributed by atoms with Gasteiger partial charge in [-0.3, -0.25) is 14.9 Å². The van der Waals surface area contributed by atoms with Crippen LogP contribution in [0.1, 0.15) is 58.3 Å². The fraction of sp³-hybridized carbons (Fsp3) is 0.588. The lowest BCUT2D eigenvalue weighted by molar-refractivity contribution is -0.478. The zero-order chi connectivity index (χ0) is 15.9. The van der Waals surface area contributed by atoms with Crippen molar-refractivity contribution in [1.29, 1.82) is 0 Å². The van der Waals surface area contributed by atoms with E-state index in [4.69, 9.17) is 0 Å². The number of nitrogens with zero attached hydrogens (tertiary/aromatic N) is 1. The van der Waals surface area contributed by atoms with E-state index in [9.17, 15) is 14.9 Å². The SMILES string of the molecule is C=C/C(=C\C=C\CCCCCCCC)C(=O)CC[N+](=O)[O-]. The molecule has 0 unspecified atom stereocenters. The molecule has 0 aromatic carbocycles. The van der Waals surface area contributed by atoms with Gasteiger partial charge in [0.1, 0.15) is 0 Å². The highest BCUT2D eigenvalue weighted by Gasteiger charge is 2.08. The third kappa shape index (κ3) is 11.8. The van der Waals surface area contributed by atoms with E-state index >= 15 is 0 Å². The lowest BCUT2D eigenvalue weighted by atomic mass is 10.1. The number of Topliss-reactive ketones (excluding diaryl/α,β-unsaturated/α-hetero) is 1. The summed E-state index contributed by atoms with van der Waals surface area (Å²) in [5, 5.41) is 10.2. The van der Waals surface area contributed by atoms with Crippen molar-refractivity contribution in [1.82, 2.24) is 0 Å². The summed E-state index contributed by atoms with van der Waals surface area (Å²) in [6, 6.07) is 0. The van der Waals surface area contributed by atoms with Gasteiger partial charge in [0, 0.05) is 10.5 Å². The van der Waals surface area contributed by atoms with Gasteiger partial charge in [-0.2, -0.15) is 0 Å². The first-order valence-electron chi connectivity index (χ1n) is 7.76. The topological polar surface area (TPSA) is 60.2 Å². The Morgan fingerprint density at radius 1 is 1.19 bits per heavy atom. The Morgan fingerprint density at radius 3 is 2.48 bits per heavy atom. The summed E-state index contributed by atoms with van der Waals surface area (Å²) in [5.41, 5.74) is 0.441. The minimum absolute atomic E-state index is 0.0733. The van der Waals surface area contributed by atoms with Gasteiger partial charge < -0.3 is 0 Å². The first-order valence-corrected chi connectivity index (χ1v) is 7.76. The highest BCUT2D eigenvalue weighted by molar-refractivity contribution is 5.98. The van der Waals surface area contributed by atoms with Gasteiger partial charge in [-0.05, 0) is 12.8 Å². The zero-order valence-electron chi connectivity index (χ0n) is 13.1. The lowest BCUT2D eigenvalue weighted by Crippen LogP contribution is -2.09. The van der Waals surface area contributed by atoms with Crippen LogP contribution in [0.25, 0.3) is 0 Å². The summed E-state index contributed by atoms with van der Waals surface area (Å²) in [6.07, 6.45) is 15.5. The summed E-state index contributed by atoms with van der Waals surface area (Å²) in [4.78, 5) is 21.4. The molecule has 0 rings (SSSR count). The first kappa shape index (κ1) is 19.3. The molecular formula is C17H27NO3. The Morgan fingerprint density at radius 2 is 1.86 bits per heavy atom. The van der Waals surface area contributed by atoms with Gasteiger partial charge in [0.05, 0.1) is 6.42 Å². The van der Waals surface area contributed by atoms with Crippen molar-refractivity contribution >= 4 is 5.78 Å². The molecule has 0 atom stereocenters. The molecule has 0 aromatic rings. The van der Waals surface area contributed by atoms with E-state index in [0.717, 1.165) is 12.8 Å². The van der Waals surface area contributed by atoms with E-state index in [-0.39, 0.29) is 18.7 Å². The van der Waals surface area contributed by atoms with Crippen molar-refractivity contribution in [2.75, 3.05) is 6.54 Å². The molecule has 118 valence electrons. The Hall–Kier alpha value is -1.71. The van der Waals surface area contributed by atoms with Crippen LogP contribution in [0.15, 0.2) is 36.5 Å². The van der Waals surface area contributed by atoms with Crippen LogP contribution in [0.4, 0.5) is 0 Å². The molecular weight excluding hydrogens is 266 g/mol. The number of unbranched alkanes of at least 4 members (excludes halogenated alkanes) is 6. The van der Waals surface area contributed by atoms with Crippen molar-refractivity contribution < 1.29 is 9.72 Å². The predicted molar refractivity (Wildman–Crippen MR) is 86.9 cm³/mol. The Balaban J connectivity index is 3.94. The maximum absolute atomic E-state index is 11.7. The number of carbonyl (C=O) groups excluding carboxylic acids is 1. The molecule has 0 saturated carbocycles. The largest absolute Gasteiger partial charge is 0.294 e. The average molecular weight is 293 g/mol. The van der Waals surface area contributed by atoms with Gasteiger partial charge in [-0.15, -0.1) is 0 Å². The molecule has 0 heterocycles. The molecule has 0 aromatic heterocycles. The van der Waals surface area contributed by atoms with Gasteiger partial charge in [0.25, 0.3) is 0 Å². The molecule has 0 bridgehead atoms. The Labute approximate surface area is 127 Å². The van der Waals surface area contributed by atoms with Crippen LogP contribution < -0.4 is 0 Å². The van der Waals surface area contributed by atoms with Crippen molar-refractivity contribution in [3.8, 4) is 0 Å². The van der Waals surface area contributed by atoms with Crippen LogP contribution in [0.3, 0.4) is 0 Å². The normalized spacial score (nSPS) is 11.8. The van der Waals surface area contributed by atoms with Crippen molar-refractivity contribution in [3.05, 3.63) is 46.6 Å². The minimum atomic E-state index is -0.479. The summed E-state index contributed by atoms with van der Waals surface area (Å²) < 4.78 is 0. The number of rotatable bonds is 13. The van der Waals surface area contributed by atoms with E-state index in [1.54, 1.807) is 6.08 Å². The fourth-order valence-electron chi connectivity index (χ4n) is 1.92. The maximum atomic E-state index is 11.7. The van der Waals surface area contributed by atoms with Crippen LogP contribution in [0.2, 0.25) is 0 Å². The highest BCUT2D eigenvalue weighted by atomic mass is 16.6. The predicted octanol–water partition coefficient (Wildman–Crippen LogP) is 4.64. The number of nitro groups is 1. The van der Waals surface area contributed by atoms with Gasteiger partial charge in [0.15, 0.2) is 5.78 Å². The number of carbonyl (C=O) groups is 1. The van der Waals surface area contributed by atoms with E-state index in [1.165, 1.54) is 38.2 Å². The quantitative estimate of drug-likeness (QED) is 0.163. The molecule has 21 heavy (non-hydrogen) atoms. The summed E-state index contributed by atoms with van der Waals surface area (Å²) >= 11 is 0. The van der Waals surface area contributed by atoms with Crippen molar-refractivity contribution in [2.24, 2.45) is 0 Å². The fourth-order valence-corrected chi connectivity index (χ4v) is 1.92. The molecule has 0 aliphatic carbocycles. The van der Waals surface area contributed by atoms with E-state index in [1.807, 2.05) is 12.2 Å². The van der Waals surface area contributed by atoms with E-state index in [2.05, 4.69) is 13.5 Å². The van der Waals surface area contributed by atoms with Crippen LogP contribution in [-0.2, 0) is 4.79 Å². The number of hydrogen-bond acceptors (Lipinski definition) is 3. The van der Waals surface area contributed by atoms with Gasteiger partial charge in [-0.25, -0.2) is 0 Å². The number of ketones is 1. The molecule has 0 radical (unpaired) electrons. The van der Waals surface area contributed by atoms with Crippen molar-refractivity contribution in [2.45, 2.75) is 58.3 Å². The molecule has 0 spiro atoms. The van der Waals surface area contributed by atoms with E-state index in [0.29, 0.717) is 5.57 Å². The molecule has 0 aliphatic rings. The maximum Gasteiger partial charge on any atom is 0.211 e. The second-order valence-electron chi connectivity index (χ2n) is 5.04. The third-order valence-electron chi connectivity index (χ3n) is 3.20. The standard InChI is InChI=1S/C17H27NO3/c1-3-5-6-7-8-9-10-11-12-13-16(4-2)17(19)14-15-18(20)21/h4,11-13H,2-3,5-10,14-15H2,1H3/b12-11+,16-13+. The monoisotopic (exact) mass is 293 g/mol. The van der Waals surface area contributed by atoms with E-state index < -0.39 is 4.92 Å². The van der Waals surface area contributed by atoms with Crippen molar-refractivity contribution in [3.63, 3.8) is 0 Å². The Bertz CT molecular complexity index is 383. The number of allylic oxidation sites excluding steroid dienone is 5. The molecule has 0 fully saturated rings. The molecule has 0 amide bonds. The first-order chi connectivity index (χ1) is 10.1. The van der Waals surface area contributed by atoms with Crippen LogP contribution >= 0.6 is 0 Å². The minimum Gasteiger partial charge on any atom is -0.294 e. The van der Waals surface area contributed by atoms with Crippen LogP contribution in [0, 0.1) is 10.1 Å². The zero-order valence-corrected chi connectivity index (χ0v) is 13.1. The Kier molecular flexibility index (Phi) is 12.2. The van der Waals surface area contributed by atoms with Crippen LogP contribution in [0.5, 0.6) is 0 Å². The average Bonchev–Trinajstić information content (AvgIpc) is 2.47. The lowest BCUT2D eigenvalue weighted by Gasteiger charge is -1.98. The summed E-state index contributed by atoms with van der Waals surface area (Å²) in [6.45, 7) is 5.45.